The Kier molecular flexibility index (Phi) is 8.85. The Bertz CT molecular complexity index is 1130. The largest absolute Gasteiger partial charge is 0.504 e. The van der Waals surface area contributed by atoms with E-state index in [2.05, 4.69) is 30.1 Å². The van der Waals surface area contributed by atoms with Crippen molar-refractivity contribution in [3.8, 4) is 17.2 Å². The molecule has 7 nitrogen and oxygen atoms in total. The van der Waals surface area contributed by atoms with Crippen molar-refractivity contribution in [2.45, 2.75) is 57.0 Å². The second kappa shape index (κ2) is 11.9. The molecule has 2 aromatic rings. The van der Waals surface area contributed by atoms with Gasteiger partial charge in [0, 0.05) is 60.9 Å². The highest BCUT2D eigenvalue weighted by atomic mass is 33.1. The van der Waals surface area contributed by atoms with Gasteiger partial charge >= 0.3 is 5.97 Å². The van der Waals surface area contributed by atoms with E-state index in [0.29, 0.717) is 11.7 Å². The van der Waals surface area contributed by atoms with Crippen LogP contribution in [0.15, 0.2) is 42.7 Å². The van der Waals surface area contributed by atoms with Gasteiger partial charge in [0.25, 0.3) is 0 Å². The molecule has 0 saturated carbocycles. The average Bonchev–Trinajstić information content (AvgIpc) is 3.41. The van der Waals surface area contributed by atoms with Gasteiger partial charge in [-0.05, 0) is 48.1 Å². The molecule has 4 rings (SSSR count). The number of rotatable bonds is 5. The Balaban J connectivity index is 1.73. The zero-order chi connectivity index (χ0) is 26.6. The lowest BCUT2D eigenvalue weighted by atomic mass is 9.62. The van der Waals surface area contributed by atoms with E-state index >= 15 is 0 Å². The first kappa shape index (κ1) is 27.5. The van der Waals surface area contributed by atoms with E-state index in [4.69, 9.17) is 9.47 Å². The summed E-state index contributed by atoms with van der Waals surface area (Å²) in [6.45, 7) is 3.56. The van der Waals surface area contributed by atoms with Gasteiger partial charge in [-0.2, -0.15) is 0 Å². The van der Waals surface area contributed by atoms with Crippen LogP contribution in [-0.2, 0) is 19.7 Å². The van der Waals surface area contributed by atoms with Crippen LogP contribution in [0.5, 0.6) is 17.2 Å². The number of aromatic nitrogens is 1. The third-order valence-electron chi connectivity index (χ3n) is 7.63. The predicted molar refractivity (Wildman–Crippen MR) is 147 cm³/mol. The number of hydrogen-bond acceptors (Lipinski definition) is 8. The van der Waals surface area contributed by atoms with Crippen molar-refractivity contribution in [2.75, 3.05) is 18.6 Å². The zero-order valence-electron chi connectivity index (χ0n) is 21.4. The third-order valence-corrected chi connectivity index (χ3v) is 10.2. The van der Waals surface area contributed by atoms with Crippen LogP contribution in [0.2, 0.25) is 0 Å². The highest BCUT2D eigenvalue weighted by molar-refractivity contribution is 8.76. The van der Waals surface area contributed by atoms with Crippen molar-refractivity contribution in [3.05, 3.63) is 53.9 Å². The summed E-state index contributed by atoms with van der Waals surface area (Å²) >= 11 is 0. The van der Waals surface area contributed by atoms with Crippen LogP contribution in [0.25, 0.3) is 0 Å². The van der Waals surface area contributed by atoms with Gasteiger partial charge in [-0.3, -0.25) is 9.59 Å². The fraction of sp³-hybridized carbons (Fsp3) is 0.500. The van der Waals surface area contributed by atoms with E-state index in [0.717, 1.165) is 29.7 Å². The Morgan fingerprint density at radius 1 is 1.24 bits per heavy atom. The molecule has 1 saturated heterocycles. The smallest absolute Gasteiger partial charge is 0.302 e. The highest BCUT2D eigenvalue weighted by Gasteiger charge is 2.47. The fourth-order valence-corrected chi connectivity index (χ4v) is 8.55. The molecule has 37 heavy (non-hydrogen) atoms. The van der Waals surface area contributed by atoms with Gasteiger partial charge in [-0.1, -0.05) is 40.7 Å². The molecule has 1 aliphatic carbocycles. The lowest BCUT2D eigenvalue weighted by Gasteiger charge is -2.45. The number of nitrogens with one attached hydrogen (secondary N) is 1. The number of methoxy groups -OCH3 is 1. The maximum Gasteiger partial charge on any atom is 0.302 e. The summed E-state index contributed by atoms with van der Waals surface area (Å²) in [6.07, 6.45) is 10.1. The number of ether oxygens (including phenoxy) is 2. The molecule has 1 aliphatic heterocycles. The first-order chi connectivity index (χ1) is 17.8. The summed E-state index contributed by atoms with van der Waals surface area (Å²) in [6, 6.07) is 5.26. The molecule has 0 bridgehead atoms. The average molecular weight is 546 g/mol. The number of carbonyl (C=O) groups excluding carboxylic acids is 2. The van der Waals surface area contributed by atoms with Crippen LogP contribution in [0.1, 0.15) is 56.6 Å². The van der Waals surface area contributed by atoms with Crippen LogP contribution in [0.4, 0.5) is 0 Å². The van der Waals surface area contributed by atoms with E-state index < -0.39 is 6.10 Å². The molecular weight excluding hydrogens is 510 g/mol. The quantitative estimate of drug-likeness (QED) is 0.189. The van der Waals surface area contributed by atoms with Crippen LogP contribution in [0.3, 0.4) is 0 Å². The number of H-pyrrole nitrogens is 1. The van der Waals surface area contributed by atoms with E-state index in [9.17, 15) is 19.8 Å². The maximum absolute atomic E-state index is 13.5. The predicted octanol–water partition coefficient (Wildman–Crippen LogP) is 5.73. The molecule has 2 aliphatic rings. The number of phenolic OH excluding ortho intramolecular Hbond substituents is 2. The number of hydrogen-bond donors (Lipinski definition) is 3. The summed E-state index contributed by atoms with van der Waals surface area (Å²) in [5.74, 6) is 0.687. The lowest BCUT2D eigenvalue weighted by molar-refractivity contribution is -0.152. The minimum Gasteiger partial charge on any atom is -0.504 e. The molecule has 0 spiro atoms. The van der Waals surface area contributed by atoms with Crippen molar-refractivity contribution >= 4 is 33.3 Å². The van der Waals surface area contributed by atoms with Gasteiger partial charge in [-0.25, -0.2) is 0 Å². The Hall–Kier alpha value is -2.52. The minimum atomic E-state index is -0.550. The Morgan fingerprint density at radius 3 is 2.73 bits per heavy atom. The monoisotopic (exact) mass is 545 g/mol. The summed E-state index contributed by atoms with van der Waals surface area (Å²) in [4.78, 5) is 29.0. The molecular formula is C28H35NO6S2. The first-order valence-electron chi connectivity index (χ1n) is 12.6. The van der Waals surface area contributed by atoms with E-state index in [1.54, 1.807) is 27.7 Å². The molecule has 1 aromatic heterocycles. The van der Waals surface area contributed by atoms with E-state index in [1.165, 1.54) is 20.1 Å². The summed E-state index contributed by atoms with van der Waals surface area (Å²) in [5, 5.41) is 20.3. The van der Waals surface area contributed by atoms with Gasteiger partial charge in [0.2, 0.25) is 5.75 Å². The molecule has 5 unspecified atom stereocenters. The third kappa shape index (κ3) is 5.98. The number of aromatic hydroxyl groups is 2. The number of esters is 1. The topological polar surface area (TPSA) is 109 Å². The number of Topliss-reactive ketones (excluding diaryl/α,β-unsaturated/α-hetero) is 1. The molecule has 0 amide bonds. The second-order valence-corrected chi connectivity index (χ2v) is 12.4. The number of phenols is 2. The Morgan fingerprint density at radius 2 is 2.05 bits per heavy atom. The zero-order valence-corrected chi connectivity index (χ0v) is 23.1. The number of allylic oxidation sites excluding steroid dienone is 2. The van der Waals surface area contributed by atoms with E-state index in [1.807, 2.05) is 12.4 Å². The SMILES string of the molecule is CCC1C=CC2(c3cc[nH]c3)CSSCC(c3cc(O)c(O)c(OC)c3)CC(=O)CC(OC(C)=O)C2C1. The minimum absolute atomic E-state index is 0.000789. The van der Waals surface area contributed by atoms with Crippen molar-refractivity contribution < 1.29 is 29.3 Å². The molecule has 9 heteroatoms. The van der Waals surface area contributed by atoms with Crippen LogP contribution >= 0.6 is 21.6 Å². The summed E-state index contributed by atoms with van der Waals surface area (Å²) in [5.41, 5.74) is 1.47. The van der Waals surface area contributed by atoms with Crippen molar-refractivity contribution in [2.24, 2.45) is 11.8 Å². The normalized spacial score (nSPS) is 28.7. The van der Waals surface area contributed by atoms with Gasteiger partial charge in [0.1, 0.15) is 11.9 Å². The standard InChI is InChI=1S/C28H35NO6S2/c1-4-18-5-7-28(21-6-8-29-14-21)16-37-36-15-20(19-11-24(32)27(33)26(12-19)34-3)10-22(31)13-25(23(28)9-18)35-17(2)30/h5-8,11-12,14,18,20,23,25,29,32-33H,4,9-10,13,15-16H2,1-3H3. The number of fused-ring (bicyclic) bond motifs is 1. The van der Waals surface area contributed by atoms with Gasteiger partial charge < -0.3 is 24.7 Å². The highest BCUT2D eigenvalue weighted by Crippen LogP contribution is 2.50. The van der Waals surface area contributed by atoms with Crippen molar-refractivity contribution in [3.63, 3.8) is 0 Å². The summed E-state index contributed by atoms with van der Waals surface area (Å²) in [7, 11) is 4.86. The molecule has 1 aromatic carbocycles. The number of benzene rings is 1. The molecule has 2 heterocycles. The van der Waals surface area contributed by atoms with Crippen LogP contribution in [0, 0.1) is 11.8 Å². The maximum atomic E-state index is 13.5. The van der Waals surface area contributed by atoms with E-state index in [-0.39, 0.29) is 59.1 Å². The number of aromatic amines is 1. The fourth-order valence-electron chi connectivity index (χ4n) is 5.60. The molecule has 3 N–H and O–H groups in total. The van der Waals surface area contributed by atoms with Crippen molar-refractivity contribution in [1.82, 2.24) is 4.98 Å². The van der Waals surface area contributed by atoms with Crippen LogP contribution < -0.4 is 4.74 Å². The summed E-state index contributed by atoms with van der Waals surface area (Å²) < 4.78 is 11.1. The lowest BCUT2D eigenvalue weighted by Crippen LogP contribution is -2.47. The number of carbonyl (C=O) groups is 2. The molecule has 1 fully saturated rings. The number of ketones is 1. The first-order valence-corrected chi connectivity index (χ1v) is 15.1. The second-order valence-electron chi connectivity index (χ2n) is 9.94. The van der Waals surface area contributed by atoms with Crippen molar-refractivity contribution in [1.29, 1.82) is 0 Å². The Labute approximate surface area is 225 Å². The van der Waals surface area contributed by atoms with Gasteiger partial charge in [0.05, 0.1) is 7.11 Å². The molecule has 5 atom stereocenters. The van der Waals surface area contributed by atoms with Gasteiger partial charge in [0.15, 0.2) is 11.5 Å². The molecule has 200 valence electrons. The van der Waals surface area contributed by atoms with Gasteiger partial charge in [-0.15, -0.1) is 0 Å². The molecule has 0 radical (unpaired) electrons. The van der Waals surface area contributed by atoms with Crippen LogP contribution in [-0.4, -0.2) is 51.7 Å².